The maximum absolute atomic E-state index is 14.8. The van der Waals surface area contributed by atoms with Gasteiger partial charge in [-0.05, 0) is 42.5 Å². The molecule has 9 nitrogen and oxygen atoms in total. The SMILES string of the molecule is CNc1cc(Oc2ccc(NC(=O)Nc3cc(C(C)(C)C)nn3-c3ccc4ncccc4c3)cc2F)ccn1. The Bertz CT molecular complexity index is 1660. The number of benzene rings is 2. The minimum absolute atomic E-state index is 0.0212. The van der Waals surface area contributed by atoms with Crippen molar-refractivity contribution in [3.05, 3.63) is 90.6 Å². The number of fused-ring (bicyclic) bond motifs is 1. The summed E-state index contributed by atoms with van der Waals surface area (Å²) in [4.78, 5) is 21.4. The van der Waals surface area contributed by atoms with Gasteiger partial charge in [0.1, 0.15) is 17.4 Å². The molecule has 3 heterocycles. The first-order chi connectivity index (χ1) is 18.7. The first-order valence-corrected chi connectivity index (χ1v) is 12.3. The normalized spacial score (nSPS) is 11.3. The molecular formula is C29H28FN7O2. The van der Waals surface area contributed by atoms with Crippen LogP contribution in [0.4, 0.5) is 26.5 Å². The number of urea groups is 1. The smallest absolute Gasteiger partial charge is 0.324 e. The monoisotopic (exact) mass is 525 g/mol. The van der Waals surface area contributed by atoms with E-state index in [1.54, 1.807) is 42.3 Å². The second-order valence-corrected chi connectivity index (χ2v) is 9.91. The number of nitrogens with one attached hydrogen (secondary N) is 3. The van der Waals surface area contributed by atoms with E-state index in [9.17, 15) is 9.18 Å². The second kappa shape index (κ2) is 10.4. The number of ether oxygens (including phenoxy) is 1. The number of hydrogen-bond acceptors (Lipinski definition) is 6. The summed E-state index contributed by atoms with van der Waals surface area (Å²) in [6.07, 6.45) is 3.30. The van der Waals surface area contributed by atoms with Gasteiger partial charge < -0.3 is 15.4 Å². The molecule has 0 aliphatic heterocycles. The lowest BCUT2D eigenvalue weighted by molar-refractivity contribution is 0.262. The number of carbonyl (C=O) groups is 1. The molecule has 0 fully saturated rings. The van der Waals surface area contributed by atoms with Crippen molar-refractivity contribution in [1.29, 1.82) is 0 Å². The summed E-state index contributed by atoms with van der Waals surface area (Å²) in [6, 6.07) is 18.4. The van der Waals surface area contributed by atoms with Crippen molar-refractivity contribution in [1.82, 2.24) is 19.7 Å². The Morgan fingerprint density at radius 2 is 1.79 bits per heavy atom. The summed E-state index contributed by atoms with van der Waals surface area (Å²) >= 11 is 0. The topological polar surface area (TPSA) is 106 Å². The molecule has 3 aromatic heterocycles. The number of aromatic nitrogens is 4. The van der Waals surface area contributed by atoms with Crippen LogP contribution in [0.1, 0.15) is 26.5 Å². The van der Waals surface area contributed by atoms with Crippen LogP contribution in [-0.2, 0) is 5.41 Å². The van der Waals surface area contributed by atoms with Crippen molar-refractivity contribution in [3.63, 3.8) is 0 Å². The van der Waals surface area contributed by atoms with E-state index in [1.165, 1.54) is 12.1 Å². The van der Waals surface area contributed by atoms with E-state index in [2.05, 4.69) is 25.9 Å². The van der Waals surface area contributed by atoms with Crippen LogP contribution in [-0.4, -0.2) is 32.8 Å². The number of pyridine rings is 2. The van der Waals surface area contributed by atoms with Gasteiger partial charge in [-0.1, -0.05) is 26.8 Å². The average Bonchev–Trinajstić information content (AvgIpc) is 3.34. The fourth-order valence-electron chi connectivity index (χ4n) is 3.91. The second-order valence-electron chi connectivity index (χ2n) is 9.91. The van der Waals surface area contributed by atoms with Gasteiger partial charge in [-0.2, -0.15) is 5.10 Å². The van der Waals surface area contributed by atoms with E-state index in [1.807, 2.05) is 57.2 Å². The molecule has 2 aromatic carbocycles. The van der Waals surface area contributed by atoms with Gasteiger partial charge in [0.05, 0.1) is 16.9 Å². The number of rotatable bonds is 6. The summed E-state index contributed by atoms with van der Waals surface area (Å²) in [5.74, 6) is 0.892. The third kappa shape index (κ3) is 5.80. The Balaban J connectivity index is 1.36. The van der Waals surface area contributed by atoms with E-state index in [-0.39, 0.29) is 16.9 Å². The zero-order valence-corrected chi connectivity index (χ0v) is 22.0. The van der Waals surface area contributed by atoms with Crippen LogP contribution in [0.25, 0.3) is 16.6 Å². The van der Waals surface area contributed by atoms with Gasteiger partial charge in [-0.15, -0.1) is 0 Å². The molecule has 0 unspecified atom stereocenters. The van der Waals surface area contributed by atoms with Crippen LogP contribution in [0, 0.1) is 5.82 Å². The zero-order chi connectivity index (χ0) is 27.6. The highest BCUT2D eigenvalue weighted by molar-refractivity contribution is 5.99. The Morgan fingerprint density at radius 3 is 2.56 bits per heavy atom. The molecule has 10 heteroatoms. The predicted octanol–water partition coefficient (Wildman–Crippen LogP) is 6.73. The molecule has 5 aromatic rings. The molecule has 3 N–H and O–H groups in total. The summed E-state index contributed by atoms with van der Waals surface area (Å²) in [5, 5.41) is 14.1. The van der Waals surface area contributed by atoms with E-state index in [0.717, 1.165) is 22.3 Å². The highest BCUT2D eigenvalue weighted by atomic mass is 19.1. The minimum Gasteiger partial charge on any atom is -0.454 e. The minimum atomic E-state index is -0.625. The molecule has 0 saturated heterocycles. The van der Waals surface area contributed by atoms with Gasteiger partial charge >= 0.3 is 6.03 Å². The standard InChI is InChI=1S/C29H28FN7O2/c1-29(2,3)25-17-27(37(36-25)20-8-9-23-18(14-20)6-5-12-32-23)35-28(38)34-19-7-10-24(22(30)15-19)39-21-11-13-33-26(16-21)31-4/h5-17H,1-4H3,(H,31,33)(H2,34,35,38). The number of nitrogens with zero attached hydrogens (tertiary/aromatic N) is 4. The van der Waals surface area contributed by atoms with Crippen LogP contribution >= 0.6 is 0 Å². The fourth-order valence-corrected chi connectivity index (χ4v) is 3.91. The number of hydrogen-bond donors (Lipinski definition) is 3. The van der Waals surface area contributed by atoms with Crippen molar-refractivity contribution in [2.75, 3.05) is 23.0 Å². The molecule has 0 aliphatic rings. The quantitative estimate of drug-likeness (QED) is 0.227. The van der Waals surface area contributed by atoms with Gasteiger partial charge in [0.2, 0.25) is 0 Å². The number of halogens is 1. The van der Waals surface area contributed by atoms with Crippen molar-refractivity contribution in [2.45, 2.75) is 26.2 Å². The molecule has 2 amide bonds. The highest BCUT2D eigenvalue weighted by Gasteiger charge is 2.22. The van der Waals surface area contributed by atoms with E-state index in [4.69, 9.17) is 9.84 Å². The molecule has 0 saturated carbocycles. The van der Waals surface area contributed by atoms with Crippen LogP contribution in [0.5, 0.6) is 11.5 Å². The van der Waals surface area contributed by atoms with Gasteiger partial charge in [0.15, 0.2) is 11.6 Å². The first-order valence-electron chi connectivity index (χ1n) is 12.3. The molecule has 0 bridgehead atoms. The lowest BCUT2D eigenvalue weighted by Crippen LogP contribution is -2.21. The van der Waals surface area contributed by atoms with Gasteiger partial charge in [-0.3, -0.25) is 10.3 Å². The lowest BCUT2D eigenvalue weighted by atomic mass is 9.92. The molecule has 0 atom stereocenters. The van der Waals surface area contributed by atoms with Crippen molar-refractivity contribution in [3.8, 4) is 17.2 Å². The van der Waals surface area contributed by atoms with Crippen LogP contribution in [0.15, 0.2) is 79.1 Å². The molecule has 5 rings (SSSR count). The Morgan fingerprint density at radius 1 is 0.949 bits per heavy atom. The van der Waals surface area contributed by atoms with Crippen molar-refractivity contribution in [2.24, 2.45) is 0 Å². The van der Waals surface area contributed by atoms with E-state index in [0.29, 0.717) is 17.4 Å². The van der Waals surface area contributed by atoms with Gasteiger partial charge in [0.25, 0.3) is 0 Å². The average molecular weight is 526 g/mol. The molecular weight excluding hydrogens is 497 g/mol. The zero-order valence-electron chi connectivity index (χ0n) is 22.0. The van der Waals surface area contributed by atoms with Crippen LogP contribution in [0.3, 0.4) is 0 Å². The highest BCUT2D eigenvalue weighted by Crippen LogP contribution is 2.29. The van der Waals surface area contributed by atoms with E-state index < -0.39 is 11.8 Å². The largest absolute Gasteiger partial charge is 0.454 e. The van der Waals surface area contributed by atoms with Crippen LogP contribution < -0.4 is 20.7 Å². The van der Waals surface area contributed by atoms with E-state index >= 15 is 0 Å². The molecule has 0 aliphatic carbocycles. The molecule has 0 spiro atoms. The number of anilines is 3. The summed E-state index contributed by atoms with van der Waals surface area (Å²) in [6.45, 7) is 6.14. The van der Waals surface area contributed by atoms with Crippen molar-refractivity contribution >= 4 is 34.3 Å². The summed E-state index contributed by atoms with van der Waals surface area (Å²) in [5.41, 5.74) is 2.44. The van der Waals surface area contributed by atoms with Gasteiger partial charge in [0, 0.05) is 54.1 Å². The maximum Gasteiger partial charge on any atom is 0.324 e. The number of amides is 2. The van der Waals surface area contributed by atoms with Crippen molar-refractivity contribution < 1.29 is 13.9 Å². The predicted molar refractivity (Wildman–Crippen MR) is 150 cm³/mol. The third-order valence-corrected chi connectivity index (χ3v) is 5.96. The maximum atomic E-state index is 14.8. The van der Waals surface area contributed by atoms with Gasteiger partial charge in [-0.25, -0.2) is 18.9 Å². The molecule has 0 radical (unpaired) electrons. The molecule has 198 valence electrons. The van der Waals surface area contributed by atoms with Crippen LogP contribution in [0.2, 0.25) is 0 Å². The number of carbonyl (C=O) groups excluding carboxylic acids is 1. The third-order valence-electron chi connectivity index (χ3n) is 5.96. The fraction of sp³-hybridized carbons (Fsp3) is 0.172. The molecule has 39 heavy (non-hydrogen) atoms. The Kier molecular flexibility index (Phi) is 6.84. The summed E-state index contributed by atoms with van der Waals surface area (Å²) < 4.78 is 22.1. The Hall–Kier alpha value is -4.99. The first kappa shape index (κ1) is 25.7. The Labute approximate surface area is 225 Å². The lowest BCUT2D eigenvalue weighted by Gasteiger charge is -2.14. The summed E-state index contributed by atoms with van der Waals surface area (Å²) in [7, 11) is 1.73.